The Balaban J connectivity index is 2.00. The van der Waals surface area contributed by atoms with Gasteiger partial charge in [-0.3, -0.25) is 14.5 Å². The minimum absolute atomic E-state index is 0.0507. The maximum absolute atomic E-state index is 13.7. The van der Waals surface area contributed by atoms with Crippen LogP contribution in [0.4, 0.5) is 11.4 Å². The van der Waals surface area contributed by atoms with E-state index in [0.29, 0.717) is 17.0 Å². The summed E-state index contributed by atoms with van der Waals surface area (Å²) in [5.41, 5.74) is 6.47. The van der Waals surface area contributed by atoms with Crippen molar-refractivity contribution in [2.24, 2.45) is 0 Å². The van der Waals surface area contributed by atoms with Gasteiger partial charge in [-0.25, -0.2) is 0 Å². The number of nitrogens with zero attached hydrogens (tertiary/aromatic N) is 2. The van der Waals surface area contributed by atoms with Crippen molar-refractivity contribution in [2.45, 2.75) is 47.6 Å². The molecule has 1 atom stereocenters. The SMILES string of the molecule is CCN(CC)c1ccc(C2/C(=C(\O)c3cc(C)cc(C)c3OC)C(=O)C(=O)N2c2cc(C)ccc2C)cc1. The van der Waals surface area contributed by atoms with E-state index in [4.69, 9.17) is 4.74 Å². The highest BCUT2D eigenvalue weighted by atomic mass is 16.5. The van der Waals surface area contributed by atoms with E-state index in [1.807, 2.05) is 76.2 Å². The van der Waals surface area contributed by atoms with Gasteiger partial charge < -0.3 is 14.7 Å². The monoisotopic (exact) mass is 512 g/mol. The molecule has 1 aliphatic rings. The number of benzene rings is 3. The van der Waals surface area contributed by atoms with Crippen molar-refractivity contribution in [1.82, 2.24) is 0 Å². The highest BCUT2D eigenvalue weighted by Crippen LogP contribution is 2.45. The van der Waals surface area contributed by atoms with Crippen LogP contribution in [0.1, 0.15) is 53.3 Å². The Kier molecular flexibility index (Phi) is 7.63. The second-order valence-corrected chi connectivity index (χ2v) is 9.89. The third kappa shape index (κ3) is 4.67. The molecule has 6 heteroatoms. The van der Waals surface area contributed by atoms with Gasteiger partial charge in [0.1, 0.15) is 11.5 Å². The zero-order chi connectivity index (χ0) is 27.7. The van der Waals surface area contributed by atoms with Crippen LogP contribution >= 0.6 is 0 Å². The van der Waals surface area contributed by atoms with Crippen LogP contribution in [0.25, 0.3) is 5.76 Å². The number of ketones is 1. The molecule has 198 valence electrons. The standard InChI is InChI=1S/C32H36N2O4/c1-8-33(9-2)24-14-12-23(13-15-24)28-27(29(35)25-17-20(4)16-22(6)31(25)38-7)30(36)32(37)34(28)26-18-19(3)10-11-21(26)5/h10-18,28,35H,8-9H2,1-7H3/b29-27+. The van der Waals surface area contributed by atoms with Gasteiger partial charge in [0.25, 0.3) is 11.7 Å². The van der Waals surface area contributed by atoms with Crippen LogP contribution in [0, 0.1) is 27.7 Å². The lowest BCUT2D eigenvalue weighted by molar-refractivity contribution is -0.132. The molecule has 1 amide bonds. The van der Waals surface area contributed by atoms with Crippen molar-refractivity contribution in [1.29, 1.82) is 0 Å². The Hall–Kier alpha value is -4.06. The smallest absolute Gasteiger partial charge is 0.300 e. The topological polar surface area (TPSA) is 70.1 Å². The third-order valence-corrected chi connectivity index (χ3v) is 7.28. The van der Waals surface area contributed by atoms with E-state index in [1.165, 1.54) is 12.0 Å². The molecular weight excluding hydrogens is 476 g/mol. The molecule has 3 aromatic rings. The third-order valence-electron chi connectivity index (χ3n) is 7.28. The van der Waals surface area contributed by atoms with E-state index >= 15 is 0 Å². The molecule has 38 heavy (non-hydrogen) atoms. The molecule has 0 bridgehead atoms. The first-order chi connectivity index (χ1) is 18.1. The van der Waals surface area contributed by atoms with Crippen LogP contribution < -0.4 is 14.5 Å². The van der Waals surface area contributed by atoms with Crippen molar-refractivity contribution in [3.05, 3.63) is 93.6 Å². The normalized spacial score (nSPS) is 16.7. The van der Waals surface area contributed by atoms with E-state index in [9.17, 15) is 14.7 Å². The number of Topliss-reactive ketones (excluding diaryl/α,β-unsaturated/α-hetero) is 1. The molecular formula is C32H36N2O4. The molecule has 1 N–H and O–H groups in total. The van der Waals surface area contributed by atoms with Gasteiger partial charge in [0, 0.05) is 24.5 Å². The number of aryl methyl sites for hydroxylation is 4. The maximum Gasteiger partial charge on any atom is 0.300 e. The fraction of sp³-hybridized carbons (Fsp3) is 0.312. The van der Waals surface area contributed by atoms with E-state index in [1.54, 1.807) is 6.07 Å². The van der Waals surface area contributed by atoms with Gasteiger partial charge >= 0.3 is 0 Å². The summed E-state index contributed by atoms with van der Waals surface area (Å²) in [6.45, 7) is 13.6. The first-order valence-corrected chi connectivity index (χ1v) is 13.0. The summed E-state index contributed by atoms with van der Waals surface area (Å²) in [6.07, 6.45) is 0. The Bertz CT molecular complexity index is 1420. The quantitative estimate of drug-likeness (QED) is 0.225. The summed E-state index contributed by atoms with van der Waals surface area (Å²) in [6, 6.07) is 16.7. The fourth-order valence-corrected chi connectivity index (χ4v) is 5.38. The first-order valence-electron chi connectivity index (χ1n) is 13.0. The fourth-order valence-electron chi connectivity index (χ4n) is 5.38. The minimum atomic E-state index is -0.799. The van der Waals surface area contributed by atoms with E-state index in [2.05, 4.69) is 18.7 Å². The van der Waals surface area contributed by atoms with Crippen LogP contribution in [0.15, 0.2) is 60.2 Å². The first kappa shape index (κ1) is 27.0. The molecule has 1 unspecified atom stereocenters. The number of aliphatic hydroxyl groups excluding tert-OH is 1. The molecule has 1 aliphatic heterocycles. The molecule has 0 aromatic heterocycles. The van der Waals surface area contributed by atoms with Crippen LogP contribution in [0.2, 0.25) is 0 Å². The van der Waals surface area contributed by atoms with Crippen molar-refractivity contribution < 1.29 is 19.4 Å². The Morgan fingerprint density at radius 1 is 0.895 bits per heavy atom. The number of methoxy groups -OCH3 is 1. The van der Waals surface area contributed by atoms with Crippen molar-refractivity contribution in [3.8, 4) is 5.75 Å². The summed E-state index contributed by atoms with van der Waals surface area (Å²) in [5, 5.41) is 11.7. The predicted octanol–water partition coefficient (Wildman–Crippen LogP) is 6.40. The Labute approximate surface area is 225 Å². The number of anilines is 2. The average molecular weight is 513 g/mol. The highest BCUT2D eigenvalue weighted by Gasteiger charge is 2.47. The molecule has 4 rings (SSSR count). The van der Waals surface area contributed by atoms with Crippen LogP contribution in [-0.2, 0) is 9.59 Å². The Morgan fingerprint density at radius 3 is 2.16 bits per heavy atom. The summed E-state index contributed by atoms with van der Waals surface area (Å²) >= 11 is 0. The molecule has 0 spiro atoms. The number of hydrogen-bond acceptors (Lipinski definition) is 5. The number of carbonyl (C=O) groups is 2. The van der Waals surface area contributed by atoms with Crippen molar-refractivity contribution in [2.75, 3.05) is 30.0 Å². The molecule has 0 aliphatic carbocycles. The second kappa shape index (κ2) is 10.7. The van der Waals surface area contributed by atoms with E-state index in [0.717, 1.165) is 46.6 Å². The highest BCUT2D eigenvalue weighted by molar-refractivity contribution is 6.51. The molecule has 0 radical (unpaired) electrons. The van der Waals surface area contributed by atoms with Crippen LogP contribution in [-0.4, -0.2) is 37.0 Å². The van der Waals surface area contributed by atoms with Crippen molar-refractivity contribution in [3.63, 3.8) is 0 Å². The van der Waals surface area contributed by atoms with Crippen LogP contribution in [0.5, 0.6) is 5.75 Å². The van der Waals surface area contributed by atoms with Crippen molar-refractivity contribution >= 4 is 28.8 Å². The second-order valence-electron chi connectivity index (χ2n) is 9.89. The lowest BCUT2D eigenvalue weighted by atomic mass is 9.93. The van der Waals surface area contributed by atoms with Gasteiger partial charge in [0.2, 0.25) is 0 Å². The molecule has 6 nitrogen and oxygen atoms in total. The summed E-state index contributed by atoms with van der Waals surface area (Å²) in [4.78, 5) is 31.1. The summed E-state index contributed by atoms with van der Waals surface area (Å²) < 4.78 is 5.62. The number of ether oxygens (including phenoxy) is 1. The lowest BCUT2D eigenvalue weighted by Gasteiger charge is -2.28. The summed E-state index contributed by atoms with van der Waals surface area (Å²) in [7, 11) is 1.53. The molecule has 1 heterocycles. The average Bonchev–Trinajstić information content (AvgIpc) is 3.16. The van der Waals surface area contributed by atoms with Gasteiger partial charge in [-0.05, 0) is 93.6 Å². The van der Waals surface area contributed by atoms with Gasteiger partial charge in [0.15, 0.2) is 0 Å². The number of aliphatic hydroxyl groups is 1. The maximum atomic E-state index is 13.7. The zero-order valence-corrected chi connectivity index (χ0v) is 23.3. The van der Waals surface area contributed by atoms with Gasteiger partial charge in [-0.1, -0.05) is 30.3 Å². The van der Waals surface area contributed by atoms with Gasteiger partial charge in [-0.2, -0.15) is 0 Å². The van der Waals surface area contributed by atoms with Gasteiger partial charge in [0.05, 0.1) is 24.3 Å². The molecule has 0 saturated carbocycles. The van der Waals surface area contributed by atoms with E-state index < -0.39 is 17.7 Å². The lowest BCUT2D eigenvalue weighted by Crippen LogP contribution is -2.30. The van der Waals surface area contributed by atoms with Gasteiger partial charge in [-0.15, -0.1) is 0 Å². The molecule has 1 fully saturated rings. The van der Waals surface area contributed by atoms with E-state index in [-0.39, 0.29) is 11.3 Å². The molecule has 3 aromatic carbocycles. The molecule has 1 saturated heterocycles. The van der Waals surface area contributed by atoms with Crippen LogP contribution in [0.3, 0.4) is 0 Å². The number of hydrogen-bond donors (Lipinski definition) is 1. The minimum Gasteiger partial charge on any atom is -0.507 e. The predicted molar refractivity (Wildman–Crippen MR) is 153 cm³/mol. The largest absolute Gasteiger partial charge is 0.507 e. The Morgan fingerprint density at radius 2 is 1.55 bits per heavy atom. The number of carbonyl (C=O) groups excluding carboxylic acids is 2. The zero-order valence-electron chi connectivity index (χ0n) is 23.3. The number of amides is 1. The number of rotatable bonds is 7. The summed E-state index contributed by atoms with van der Waals surface area (Å²) in [5.74, 6) is -1.15.